The molecule has 0 amide bonds. The van der Waals surface area contributed by atoms with E-state index in [0.29, 0.717) is 17.4 Å². The van der Waals surface area contributed by atoms with Crippen LogP contribution in [0.2, 0.25) is 0 Å². The summed E-state index contributed by atoms with van der Waals surface area (Å²) < 4.78 is 5.60. The Labute approximate surface area is 93.7 Å². The minimum atomic E-state index is -0.872. The Morgan fingerprint density at radius 3 is 2.60 bits per heavy atom. The summed E-state index contributed by atoms with van der Waals surface area (Å²) in [5, 5.41) is 8.73. The fourth-order valence-corrected chi connectivity index (χ4v) is 1.75. The van der Waals surface area contributed by atoms with E-state index >= 15 is 0 Å². The Morgan fingerprint density at radius 2 is 2.13 bits per heavy atom. The summed E-state index contributed by atoms with van der Waals surface area (Å²) >= 11 is 1.27. The van der Waals surface area contributed by atoms with Crippen LogP contribution in [0, 0.1) is 5.92 Å². The van der Waals surface area contributed by atoms with Crippen molar-refractivity contribution < 1.29 is 14.6 Å². The summed E-state index contributed by atoms with van der Waals surface area (Å²) in [5.74, 6) is -0.396. The van der Waals surface area contributed by atoms with Crippen molar-refractivity contribution in [2.75, 3.05) is 0 Å². The van der Waals surface area contributed by atoms with Crippen molar-refractivity contribution in [3.8, 4) is 0 Å². The molecule has 4 heteroatoms. The van der Waals surface area contributed by atoms with Gasteiger partial charge in [-0.25, -0.2) is 4.79 Å². The monoisotopic (exact) mass is 228 g/mol. The van der Waals surface area contributed by atoms with Crippen LogP contribution in [0.3, 0.4) is 0 Å². The first-order valence-electron chi connectivity index (χ1n) is 4.94. The molecular weight excluding hydrogens is 212 g/mol. The van der Waals surface area contributed by atoms with Crippen molar-refractivity contribution in [3.63, 3.8) is 0 Å². The zero-order valence-electron chi connectivity index (χ0n) is 9.19. The summed E-state index contributed by atoms with van der Waals surface area (Å²) in [4.78, 5) is 12.0. The summed E-state index contributed by atoms with van der Waals surface area (Å²) in [6.07, 6.45) is 0.195. The highest BCUT2D eigenvalue weighted by atomic mass is 32.1. The first kappa shape index (κ1) is 12.2. The molecule has 3 nitrogen and oxygen atoms in total. The lowest BCUT2D eigenvalue weighted by Gasteiger charge is -2.15. The average molecular weight is 228 g/mol. The van der Waals surface area contributed by atoms with E-state index in [1.807, 2.05) is 6.92 Å². The number of carbonyl (C=O) groups is 1. The lowest BCUT2D eigenvalue weighted by Crippen LogP contribution is -2.14. The molecule has 1 unspecified atom stereocenters. The van der Waals surface area contributed by atoms with Gasteiger partial charge in [0.15, 0.2) is 0 Å². The van der Waals surface area contributed by atoms with E-state index in [2.05, 4.69) is 13.8 Å². The quantitative estimate of drug-likeness (QED) is 0.842. The molecule has 84 valence electrons. The fraction of sp³-hybridized carbons (Fsp3) is 0.545. The van der Waals surface area contributed by atoms with Gasteiger partial charge in [-0.2, -0.15) is 0 Å². The Hall–Kier alpha value is -0.870. The van der Waals surface area contributed by atoms with Crippen molar-refractivity contribution in [1.29, 1.82) is 0 Å². The van der Waals surface area contributed by atoms with Gasteiger partial charge in [-0.05, 0) is 25.0 Å². The molecule has 0 aliphatic rings. The van der Waals surface area contributed by atoms with Crippen LogP contribution in [-0.2, 0) is 11.3 Å². The van der Waals surface area contributed by atoms with Crippen LogP contribution in [0.1, 0.15) is 35.3 Å². The lowest BCUT2D eigenvalue weighted by atomic mass is 10.1. The first-order valence-corrected chi connectivity index (χ1v) is 5.76. The Morgan fingerprint density at radius 1 is 1.47 bits per heavy atom. The van der Waals surface area contributed by atoms with Crippen LogP contribution in [0.5, 0.6) is 0 Å². The maximum Gasteiger partial charge on any atom is 0.345 e. The van der Waals surface area contributed by atoms with Crippen LogP contribution in [0.4, 0.5) is 0 Å². The Kier molecular flexibility index (Phi) is 4.29. The van der Waals surface area contributed by atoms with Crippen LogP contribution < -0.4 is 0 Å². The standard InChI is InChI=1S/C11H16O3S/c1-7(2)8(3)14-6-9-4-5-10(15-9)11(12)13/h4-5,7-8H,6H2,1-3H3,(H,12,13). The molecule has 0 bridgehead atoms. The van der Waals surface area contributed by atoms with E-state index in [9.17, 15) is 4.79 Å². The molecule has 1 atom stereocenters. The number of carboxylic acid groups (broad SMARTS) is 1. The molecule has 15 heavy (non-hydrogen) atoms. The molecule has 0 saturated heterocycles. The van der Waals surface area contributed by atoms with Gasteiger partial charge in [0.05, 0.1) is 12.7 Å². The van der Waals surface area contributed by atoms with Crippen molar-refractivity contribution in [3.05, 3.63) is 21.9 Å². The van der Waals surface area contributed by atoms with E-state index < -0.39 is 5.97 Å². The van der Waals surface area contributed by atoms with Gasteiger partial charge in [-0.1, -0.05) is 13.8 Å². The van der Waals surface area contributed by atoms with Gasteiger partial charge >= 0.3 is 5.97 Å². The molecular formula is C11H16O3S. The second-order valence-electron chi connectivity index (χ2n) is 3.83. The first-order chi connectivity index (χ1) is 7.00. The van der Waals surface area contributed by atoms with Gasteiger partial charge in [0.1, 0.15) is 4.88 Å². The van der Waals surface area contributed by atoms with Crippen LogP contribution >= 0.6 is 11.3 Å². The van der Waals surface area contributed by atoms with Gasteiger partial charge in [0.25, 0.3) is 0 Å². The smallest absolute Gasteiger partial charge is 0.345 e. The van der Waals surface area contributed by atoms with Crippen LogP contribution in [0.25, 0.3) is 0 Å². The van der Waals surface area contributed by atoms with E-state index in [4.69, 9.17) is 9.84 Å². The van der Waals surface area contributed by atoms with Crippen molar-refractivity contribution in [2.24, 2.45) is 5.92 Å². The normalized spacial score (nSPS) is 13.1. The predicted molar refractivity (Wildman–Crippen MR) is 60.4 cm³/mol. The molecule has 1 aromatic heterocycles. The van der Waals surface area contributed by atoms with E-state index in [0.717, 1.165) is 4.88 Å². The summed E-state index contributed by atoms with van der Waals surface area (Å²) in [6.45, 7) is 6.72. The SMILES string of the molecule is CC(C)C(C)OCc1ccc(C(=O)O)s1. The largest absolute Gasteiger partial charge is 0.477 e. The maximum absolute atomic E-state index is 10.6. The minimum Gasteiger partial charge on any atom is -0.477 e. The summed E-state index contributed by atoms with van der Waals surface area (Å²) in [5.41, 5.74) is 0. The third-order valence-electron chi connectivity index (χ3n) is 2.30. The summed E-state index contributed by atoms with van der Waals surface area (Å²) in [7, 11) is 0. The molecule has 1 rings (SSSR count). The minimum absolute atomic E-state index is 0.195. The van der Waals surface area contributed by atoms with Crippen molar-refractivity contribution >= 4 is 17.3 Å². The molecule has 1 aromatic rings. The highest BCUT2D eigenvalue weighted by molar-refractivity contribution is 7.13. The fourth-order valence-electron chi connectivity index (χ4n) is 0.976. The number of carboxylic acids is 1. The van der Waals surface area contributed by atoms with Gasteiger partial charge in [0.2, 0.25) is 0 Å². The number of aromatic carboxylic acids is 1. The molecule has 1 N–H and O–H groups in total. The number of hydrogen-bond acceptors (Lipinski definition) is 3. The highest BCUT2D eigenvalue weighted by Crippen LogP contribution is 2.18. The number of ether oxygens (including phenoxy) is 1. The highest BCUT2D eigenvalue weighted by Gasteiger charge is 2.10. The molecule has 0 saturated carbocycles. The molecule has 0 aromatic carbocycles. The molecule has 1 heterocycles. The van der Waals surface area contributed by atoms with Crippen molar-refractivity contribution in [2.45, 2.75) is 33.5 Å². The second kappa shape index (κ2) is 5.28. The van der Waals surface area contributed by atoms with Gasteiger partial charge < -0.3 is 9.84 Å². The maximum atomic E-state index is 10.6. The van der Waals surface area contributed by atoms with E-state index in [1.165, 1.54) is 11.3 Å². The number of thiophene rings is 1. The Balaban J connectivity index is 2.48. The van der Waals surface area contributed by atoms with Crippen LogP contribution in [-0.4, -0.2) is 17.2 Å². The average Bonchev–Trinajstić information content (AvgIpc) is 2.62. The van der Waals surface area contributed by atoms with Gasteiger partial charge in [-0.3, -0.25) is 0 Å². The number of rotatable bonds is 5. The molecule has 0 aliphatic carbocycles. The number of hydrogen-bond donors (Lipinski definition) is 1. The third kappa shape index (κ3) is 3.64. The second-order valence-corrected chi connectivity index (χ2v) is 5.00. The van der Waals surface area contributed by atoms with E-state index in [1.54, 1.807) is 12.1 Å². The van der Waals surface area contributed by atoms with Gasteiger partial charge in [-0.15, -0.1) is 11.3 Å². The van der Waals surface area contributed by atoms with Crippen LogP contribution in [0.15, 0.2) is 12.1 Å². The molecule has 0 radical (unpaired) electrons. The zero-order valence-corrected chi connectivity index (χ0v) is 10.0. The molecule has 0 spiro atoms. The Bertz CT molecular complexity index is 330. The lowest BCUT2D eigenvalue weighted by molar-refractivity contribution is 0.0249. The van der Waals surface area contributed by atoms with E-state index in [-0.39, 0.29) is 6.10 Å². The molecule has 0 fully saturated rings. The third-order valence-corrected chi connectivity index (χ3v) is 3.35. The molecule has 0 aliphatic heterocycles. The van der Waals surface area contributed by atoms with Gasteiger partial charge in [0, 0.05) is 4.88 Å². The predicted octanol–water partition coefficient (Wildman–Crippen LogP) is 3.01. The zero-order chi connectivity index (χ0) is 11.4. The topological polar surface area (TPSA) is 46.5 Å². The van der Waals surface area contributed by atoms with Crippen molar-refractivity contribution in [1.82, 2.24) is 0 Å². The summed E-state index contributed by atoms with van der Waals surface area (Å²) in [6, 6.07) is 3.42.